The van der Waals surface area contributed by atoms with E-state index in [-0.39, 0.29) is 0 Å². The molecule has 3 rings (SSSR count). The van der Waals surface area contributed by atoms with Crippen LogP contribution in [0.5, 0.6) is 0 Å². The van der Waals surface area contributed by atoms with Gasteiger partial charge in [-0.3, -0.25) is 0 Å². The number of rotatable bonds is 8. The van der Waals surface area contributed by atoms with Gasteiger partial charge in [0.25, 0.3) is 0 Å². The van der Waals surface area contributed by atoms with Gasteiger partial charge in [0.15, 0.2) is 0 Å². The first-order valence-electron chi connectivity index (χ1n) is 10.8. The number of hydrogen-bond donors (Lipinski definition) is 0. The van der Waals surface area contributed by atoms with Crippen molar-refractivity contribution in [3.63, 3.8) is 0 Å². The third kappa shape index (κ3) is 4.58. The fourth-order valence-electron chi connectivity index (χ4n) is 5.27. The lowest BCUT2D eigenvalue weighted by molar-refractivity contribution is 0.129. The van der Waals surface area contributed by atoms with Gasteiger partial charge in [-0.15, -0.1) is 6.58 Å². The first-order chi connectivity index (χ1) is 12.8. The average Bonchev–Trinajstić information content (AvgIpc) is 2.70. The zero-order valence-corrected chi connectivity index (χ0v) is 16.6. The summed E-state index contributed by atoms with van der Waals surface area (Å²) in [4.78, 5) is 0. The summed E-state index contributed by atoms with van der Waals surface area (Å²) >= 11 is 0. The van der Waals surface area contributed by atoms with E-state index in [0.717, 1.165) is 11.8 Å². The van der Waals surface area contributed by atoms with E-state index in [9.17, 15) is 0 Å². The molecule has 0 amide bonds. The predicted octanol–water partition coefficient (Wildman–Crippen LogP) is 7.98. The SMILES string of the molecule is C=CCCCC1CCC(C2(CCC)C=CC(c3ccccc3)=CC2)CC1. The smallest absolute Gasteiger partial charge is 0.00520 e. The van der Waals surface area contributed by atoms with E-state index >= 15 is 0 Å². The van der Waals surface area contributed by atoms with Gasteiger partial charge in [-0.2, -0.15) is 0 Å². The molecule has 0 radical (unpaired) electrons. The Labute approximate surface area is 161 Å². The molecule has 1 atom stereocenters. The molecule has 0 aromatic heterocycles. The van der Waals surface area contributed by atoms with E-state index in [4.69, 9.17) is 0 Å². The van der Waals surface area contributed by atoms with Gasteiger partial charge in [0.1, 0.15) is 0 Å². The third-order valence-electron chi connectivity index (χ3n) is 6.80. The molecule has 0 saturated heterocycles. The average molecular weight is 349 g/mol. The molecule has 0 bridgehead atoms. The summed E-state index contributed by atoms with van der Waals surface area (Å²) < 4.78 is 0. The normalized spacial score (nSPS) is 28.6. The minimum Gasteiger partial charge on any atom is -0.103 e. The van der Waals surface area contributed by atoms with Gasteiger partial charge in [-0.05, 0) is 66.9 Å². The highest BCUT2D eigenvalue weighted by Crippen LogP contribution is 2.49. The lowest BCUT2D eigenvalue weighted by atomic mass is 9.61. The molecular formula is C26H36. The van der Waals surface area contributed by atoms with Gasteiger partial charge in [0, 0.05) is 0 Å². The van der Waals surface area contributed by atoms with E-state index in [1.807, 2.05) is 0 Å². The summed E-state index contributed by atoms with van der Waals surface area (Å²) in [6.45, 7) is 6.22. The molecule has 1 fully saturated rings. The van der Waals surface area contributed by atoms with Gasteiger partial charge >= 0.3 is 0 Å². The van der Waals surface area contributed by atoms with Crippen molar-refractivity contribution >= 4 is 5.57 Å². The van der Waals surface area contributed by atoms with Crippen LogP contribution in [0, 0.1) is 17.3 Å². The fraction of sp³-hybridized carbons (Fsp3) is 0.538. The van der Waals surface area contributed by atoms with Crippen LogP contribution in [-0.4, -0.2) is 0 Å². The molecular weight excluding hydrogens is 312 g/mol. The van der Waals surface area contributed by atoms with Crippen molar-refractivity contribution in [1.29, 1.82) is 0 Å². The summed E-state index contributed by atoms with van der Waals surface area (Å²) in [5.41, 5.74) is 3.19. The molecule has 140 valence electrons. The molecule has 2 aliphatic rings. The predicted molar refractivity (Wildman–Crippen MR) is 115 cm³/mol. The highest BCUT2D eigenvalue weighted by atomic mass is 14.4. The van der Waals surface area contributed by atoms with Crippen LogP contribution in [0.2, 0.25) is 0 Å². The van der Waals surface area contributed by atoms with Gasteiger partial charge in [0.2, 0.25) is 0 Å². The first-order valence-corrected chi connectivity index (χ1v) is 10.8. The van der Waals surface area contributed by atoms with Crippen molar-refractivity contribution in [2.45, 2.75) is 71.1 Å². The minimum absolute atomic E-state index is 0.416. The molecule has 1 saturated carbocycles. The van der Waals surface area contributed by atoms with Gasteiger partial charge < -0.3 is 0 Å². The molecule has 0 aliphatic heterocycles. The number of unbranched alkanes of at least 4 members (excludes halogenated alkanes) is 1. The molecule has 0 N–H and O–H groups in total. The highest BCUT2D eigenvalue weighted by Gasteiger charge is 2.38. The number of allylic oxidation sites excluding steroid dienone is 5. The molecule has 0 nitrogen and oxygen atoms in total. The Morgan fingerprint density at radius 2 is 1.88 bits per heavy atom. The Balaban J connectivity index is 1.62. The summed E-state index contributed by atoms with van der Waals surface area (Å²) in [7, 11) is 0. The second-order valence-electron chi connectivity index (χ2n) is 8.48. The van der Waals surface area contributed by atoms with Crippen LogP contribution in [0.4, 0.5) is 0 Å². The van der Waals surface area contributed by atoms with Crippen LogP contribution in [-0.2, 0) is 0 Å². The largest absolute Gasteiger partial charge is 0.103 e. The number of benzene rings is 1. The van der Waals surface area contributed by atoms with E-state index < -0.39 is 0 Å². The lowest BCUT2D eigenvalue weighted by Crippen LogP contribution is -2.32. The molecule has 2 aliphatic carbocycles. The van der Waals surface area contributed by atoms with Crippen LogP contribution < -0.4 is 0 Å². The maximum absolute atomic E-state index is 3.86. The lowest BCUT2D eigenvalue weighted by Gasteiger charge is -2.43. The fourth-order valence-corrected chi connectivity index (χ4v) is 5.27. The minimum atomic E-state index is 0.416. The molecule has 26 heavy (non-hydrogen) atoms. The third-order valence-corrected chi connectivity index (χ3v) is 6.80. The van der Waals surface area contributed by atoms with Crippen molar-refractivity contribution < 1.29 is 0 Å². The van der Waals surface area contributed by atoms with E-state index in [1.165, 1.54) is 75.3 Å². The van der Waals surface area contributed by atoms with E-state index in [1.54, 1.807) is 0 Å². The summed E-state index contributed by atoms with van der Waals surface area (Å²) in [6.07, 6.45) is 23.1. The van der Waals surface area contributed by atoms with Crippen molar-refractivity contribution in [3.05, 3.63) is 66.8 Å². The Hall–Kier alpha value is -1.56. The zero-order valence-electron chi connectivity index (χ0n) is 16.6. The molecule has 0 heterocycles. The van der Waals surface area contributed by atoms with Crippen molar-refractivity contribution in [3.8, 4) is 0 Å². The standard InChI is InChI=1S/C26H36/c1-3-5-7-10-22-13-15-25(16-14-22)26(19-4-2)20-17-24(18-21-26)23-11-8-6-9-12-23/h3,6,8-9,11-12,17-18,20,22,25H,1,4-5,7,10,13-16,19,21H2,2H3. The van der Waals surface area contributed by atoms with Crippen LogP contribution >= 0.6 is 0 Å². The van der Waals surface area contributed by atoms with Gasteiger partial charge in [-0.1, -0.05) is 87.2 Å². The summed E-state index contributed by atoms with van der Waals surface area (Å²) in [5, 5.41) is 0. The van der Waals surface area contributed by atoms with E-state index in [2.05, 4.69) is 68.1 Å². The maximum Gasteiger partial charge on any atom is -0.00520 e. The topological polar surface area (TPSA) is 0 Å². The second kappa shape index (κ2) is 9.40. The molecule has 1 aromatic rings. The van der Waals surface area contributed by atoms with E-state index in [0.29, 0.717) is 5.41 Å². The first kappa shape index (κ1) is 19.2. The monoisotopic (exact) mass is 348 g/mol. The van der Waals surface area contributed by atoms with Crippen LogP contribution in [0.3, 0.4) is 0 Å². The molecule has 1 unspecified atom stereocenters. The summed E-state index contributed by atoms with van der Waals surface area (Å²) in [5.74, 6) is 1.84. The second-order valence-corrected chi connectivity index (χ2v) is 8.48. The Kier molecular flexibility index (Phi) is 6.94. The Morgan fingerprint density at radius 1 is 1.12 bits per heavy atom. The quantitative estimate of drug-likeness (QED) is 0.330. The molecule has 0 heteroatoms. The van der Waals surface area contributed by atoms with Gasteiger partial charge in [0.05, 0.1) is 0 Å². The summed E-state index contributed by atoms with van der Waals surface area (Å²) in [6, 6.07) is 10.9. The van der Waals surface area contributed by atoms with Crippen molar-refractivity contribution in [1.82, 2.24) is 0 Å². The van der Waals surface area contributed by atoms with Crippen LogP contribution in [0.15, 0.2) is 61.2 Å². The zero-order chi connectivity index (χ0) is 18.2. The Morgan fingerprint density at radius 3 is 2.50 bits per heavy atom. The Bertz CT molecular complexity index is 613. The molecule has 0 spiro atoms. The van der Waals surface area contributed by atoms with Crippen molar-refractivity contribution in [2.75, 3.05) is 0 Å². The van der Waals surface area contributed by atoms with Crippen molar-refractivity contribution in [2.24, 2.45) is 17.3 Å². The molecule has 1 aromatic carbocycles. The van der Waals surface area contributed by atoms with Gasteiger partial charge in [-0.25, -0.2) is 0 Å². The number of hydrogen-bond acceptors (Lipinski definition) is 0. The van der Waals surface area contributed by atoms with Crippen LogP contribution in [0.1, 0.15) is 76.7 Å². The maximum atomic E-state index is 3.86. The van der Waals surface area contributed by atoms with Crippen LogP contribution in [0.25, 0.3) is 5.57 Å². The highest BCUT2D eigenvalue weighted by molar-refractivity contribution is 5.75.